The molecule has 0 N–H and O–H groups in total. The first-order chi connectivity index (χ1) is 6.54. The highest BCUT2D eigenvalue weighted by Gasteiger charge is 2.11. The molecule has 2 aromatic rings. The van der Waals surface area contributed by atoms with Crippen molar-refractivity contribution in [2.75, 3.05) is 0 Å². The first-order valence-corrected chi connectivity index (χ1v) is 4.11. The highest BCUT2D eigenvalue weighted by molar-refractivity contribution is 5.69. The predicted octanol–water partition coefficient (Wildman–Crippen LogP) is -0.948. The van der Waals surface area contributed by atoms with E-state index < -0.39 is 0 Å². The van der Waals surface area contributed by atoms with Gasteiger partial charge in [-0.1, -0.05) is 0 Å². The van der Waals surface area contributed by atoms with Crippen LogP contribution in [-0.4, -0.2) is 18.7 Å². The van der Waals surface area contributed by atoms with Crippen molar-refractivity contribution in [3.8, 4) is 0 Å². The minimum Gasteiger partial charge on any atom is -0.328 e. The molecule has 0 saturated heterocycles. The van der Waals surface area contributed by atoms with Gasteiger partial charge in [-0.3, -0.25) is 13.9 Å². The van der Waals surface area contributed by atoms with E-state index in [1.54, 1.807) is 18.7 Å². The topological polar surface area (TPSA) is 61.8 Å². The molecule has 78 valence electrons. The Morgan fingerprint density at radius 2 is 1.73 bits per heavy atom. The number of hydrogen-bond acceptors (Lipinski definition) is 3. The minimum absolute atomic E-state index is 0. The van der Waals surface area contributed by atoms with Gasteiger partial charge in [-0.05, 0) is 0 Å². The molecule has 2 aromatic heterocycles. The van der Waals surface area contributed by atoms with Crippen LogP contribution in [0.25, 0.3) is 11.2 Å². The summed E-state index contributed by atoms with van der Waals surface area (Å²) in [6, 6.07) is 0. The molecule has 0 saturated carbocycles. The number of hydrogen-bond donors (Lipinski definition) is 0. The Hall–Kier alpha value is -1.85. The van der Waals surface area contributed by atoms with Gasteiger partial charge in [-0.15, -0.1) is 0 Å². The smallest absolute Gasteiger partial charge is 0.328 e. The zero-order valence-electron chi connectivity index (χ0n) is 8.68. The molecule has 0 aliphatic carbocycles. The SMILES string of the molecule is Cn1c(=O)c2c(ncn2C)n(C)c1=O.[C]. The third-order valence-electron chi connectivity index (χ3n) is 2.32. The number of aryl methyl sites for hydroxylation is 2. The summed E-state index contributed by atoms with van der Waals surface area (Å²) < 4.78 is 4.04. The molecular weight excluding hydrogens is 196 g/mol. The van der Waals surface area contributed by atoms with Crippen molar-refractivity contribution in [1.29, 1.82) is 0 Å². The average Bonchev–Trinajstić information content (AvgIpc) is 2.54. The van der Waals surface area contributed by atoms with Crippen molar-refractivity contribution in [3.63, 3.8) is 0 Å². The molecule has 0 atom stereocenters. The molecule has 6 nitrogen and oxygen atoms in total. The van der Waals surface area contributed by atoms with Gasteiger partial charge in [0.25, 0.3) is 5.56 Å². The predicted molar refractivity (Wildman–Crippen MR) is 54.4 cm³/mol. The van der Waals surface area contributed by atoms with E-state index in [0.717, 1.165) is 4.57 Å². The first kappa shape index (κ1) is 11.2. The van der Waals surface area contributed by atoms with E-state index in [4.69, 9.17) is 0 Å². The molecule has 0 unspecified atom stereocenters. The third kappa shape index (κ3) is 1.29. The monoisotopic (exact) mass is 206 g/mol. The van der Waals surface area contributed by atoms with Gasteiger partial charge in [0, 0.05) is 28.6 Å². The lowest BCUT2D eigenvalue weighted by molar-refractivity contribution is 0.705. The van der Waals surface area contributed by atoms with Crippen LogP contribution in [0.5, 0.6) is 0 Å². The molecule has 4 radical (unpaired) electrons. The molecule has 0 aromatic carbocycles. The average molecular weight is 206 g/mol. The van der Waals surface area contributed by atoms with Crippen molar-refractivity contribution in [1.82, 2.24) is 18.7 Å². The van der Waals surface area contributed by atoms with Crippen LogP contribution in [0, 0.1) is 7.43 Å². The second-order valence-corrected chi connectivity index (χ2v) is 3.23. The lowest BCUT2D eigenvalue weighted by atomic mass is 10.5. The van der Waals surface area contributed by atoms with Gasteiger partial charge in [0.15, 0.2) is 11.2 Å². The number of nitrogens with zero attached hydrogens (tertiary/aromatic N) is 4. The fourth-order valence-corrected chi connectivity index (χ4v) is 1.47. The number of fused-ring (bicyclic) bond motifs is 1. The summed E-state index contributed by atoms with van der Waals surface area (Å²) in [7, 11) is 4.77. The van der Waals surface area contributed by atoms with E-state index >= 15 is 0 Å². The summed E-state index contributed by atoms with van der Waals surface area (Å²) in [6.07, 6.45) is 1.52. The van der Waals surface area contributed by atoms with Gasteiger partial charge < -0.3 is 4.57 Å². The Morgan fingerprint density at radius 3 is 2.33 bits per heavy atom. The summed E-state index contributed by atoms with van der Waals surface area (Å²) in [5.41, 5.74) is 0.180. The van der Waals surface area contributed by atoms with Crippen LogP contribution < -0.4 is 11.2 Å². The lowest BCUT2D eigenvalue weighted by Gasteiger charge is -2.02. The molecule has 0 aliphatic heterocycles. The largest absolute Gasteiger partial charge is 0.332 e. The Morgan fingerprint density at radius 1 is 1.13 bits per heavy atom. The molecule has 0 bridgehead atoms. The number of aromatic nitrogens is 4. The van der Waals surface area contributed by atoms with Gasteiger partial charge >= 0.3 is 5.69 Å². The Labute approximate surface area is 86.4 Å². The van der Waals surface area contributed by atoms with Crippen LogP contribution in [0.2, 0.25) is 0 Å². The second-order valence-electron chi connectivity index (χ2n) is 3.23. The number of rotatable bonds is 0. The Balaban J connectivity index is 0.00000112. The first-order valence-electron chi connectivity index (χ1n) is 4.11. The highest BCUT2D eigenvalue weighted by Crippen LogP contribution is 2.01. The molecule has 0 aliphatic rings. The zero-order chi connectivity index (χ0) is 10.5. The van der Waals surface area contributed by atoms with Crippen molar-refractivity contribution in [2.45, 2.75) is 0 Å². The molecule has 6 heteroatoms. The van der Waals surface area contributed by atoms with Crippen molar-refractivity contribution in [3.05, 3.63) is 34.6 Å². The lowest BCUT2D eigenvalue weighted by Crippen LogP contribution is -2.37. The van der Waals surface area contributed by atoms with Gasteiger partial charge in [0.05, 0.1) is 6.33 Å². The minimum atomic E-state index is -0.360. The third-order valence-corrected chi connectivity index (χ3v) is 2.32. The van der Waals surface area contributed by atoms with E-state index in [9.17, 15) is 9.59 Å². The Kier molecular flexibility index (Phi) is 2.53. The van der Waals surface area contributed by atoms with Gasteiger partial charge in [-0.2, -0.15) is 0 Å². The molecule has 2 rings (SSSR count). The quantitative estimate of drug-likeness (QED) is 0.558. The summed E-state index contributed by atoms with van der Waals surface area (Å²) >= 11 is 0. The maximum Gasteiger partial charge on any atom is 0.332 e. The fraction of sp³-hybridized carbons (Fsp3) is 0.333. The maximum absolute atomic E-state index is 11.7. The molecule has 15 heavy (non-hydrogen) atoms. The van der Waals surface area contributed by atoms with E-state index in [2.05, 4.69) is 4.98 Å². The summed E-state index contributed by atoms with van der Waals surface area (Å²) in [5.74, 6) is 0. The normalized spacial score (nSPS) is 10.3. The van der Waals surface area contributed by atoms with E-state index in [1.807, 2.05) is 0 Å². The highest BCUT2D eigenvalue weighted by atomic mass is 16.2. The molecule has 0 fully saturated rings. The second kappa shape index (κ2) is 3.38. The van der Waals surface area contributed by atoms with Crippen LogP contribution in [0.3, 0.4) is 0 Å². The van der Waals surface area contributed by atoms with E-state index in [0.29, 0.717) is 11.2 Å². The maximum atomic E-state index is 11.7. The van der Waals surface area contributed by atoms with Gasteiger partial charge in [-0.25, -0.2) is 9.78 Å². The van der Waals surface area contributed by atoms with Crippen molar-refractivity contribution >= 4 is 11.2 Å². The number of imidazole rings is 1. The summed E-state index contributed by atoms with van der Waals surface area (Å²) in [5, 5.41) is 0. The molecule has 0 spiro atoms. The van der Waals surface area contributed by atoms with E-state index in [-0.39, 0.29) is 18.7 Å². The fourth-order valence-electron chi connectivity index (χ4n) is 1.47. The standard InChI is InChI=1S/C8H10N4O2.C/c1-10-4-9-6-5(10)7(13)12(3)8(14)11(6)2;/h4H,1-3H3;. The van der Waals surface area contributed by atoms with Crippen LogP contribution in [0.4, 0.5) is 0 Å². The van der Waals surface area contributed by atoms with Crippen LogP contribution in [0.15, 0.2) is 15.9 Å². The molecule has 0 amide bonds. The van der Waals surface area contributed by atoms with Gasteiger partial charge in [0.1, 0.15) is 0 Å². The summed E-state index contributed by atoms with van der Waals surface area (Å²) in [6.45, 7) is 0. The van der Waals surface area contributed by atoms with Crippen LogP contribution >= 0.6 is 0 Å². The molecule has 2 heterocycles. The van der Waals surface area contributed by atoms with Crippen molar-refractivity contribution in [2.24, 2.45) is 21.1 Å². The zero-order valence-corrected chi connectivity index (χ0v) is 8.68. The Bertz CT molecular complexity index is 617. The van der Waals surface area contributed by atoms with Gasteiger partial charge in [0.2, 0.25) is 0 Å². The summed E-state index contributed by atoms with van der Waals surface area (Å²) in [4.78, 5) is 27.2. The van der Waals surface area contributed by atoms with Crippen LogP contribution in [0.1, 0.15) is 0 Å². The van der Waals surface area contributed by atoms with E-state index in [1.165, 1.54) is 17.9 Å². The van der Waals surface area contributed by atoms with Crippen LogP contribution in [-0.2, 0) is 21.1 Å². The van der Waals surface area contributed by atoms with Crippen molar-refractivity contribution < 1.29 is 0 Å². The molecular formula is C9H10N4O2.